The van der Waals surface area contributed by atoms with Gasteiger partial charge in [-0.3, -0.25) is 0 Å². The van der Waals surface area contributed by atoms with Crippen LogP contribution in [0.4, 0.5) is 0 Å². The quantitative estimate of drug-likeness (QED) is 0.341. The molecule has 4 aromatic rings. The van der Waals surface area contributed by atoms with Gasteiger partial charge < -0.3 is 9.67 Å². The third kappa shape index (κ3) is 4.13. The van der Waals surface area contributed by atoms with Gasteiger partial charge in [-0.05, 0) is 67.1 Å². The summed E-state index contributed by atoms with van der Waals surface area (Å²) in [4.78, 5) is 13.5. The molecule has 0 aliphatic heterocycles. The molecular formula is C24H21N3O4S. The second kappa shape index (κ2) is 8.32. The Bertz CT molecular complexity index is 1450. The first kappa shape index (κ1) is 21.3. The van der Waals surface area contributed by atoms with Crippen molar-refractivity contribution in [3.63, 3.8) is 0 Å². The fraction of sp³-hybridized carbons (Fsp3) is 0.0833. The maximum absolute atomic E-state index is 12.7. The second-order valence-electron chi connectivity index (χ2n) is 7.38. The van der Waals surface area contributed by atoms with Gasteiger partial charge in [-0.25, -0.2) is 9.63 Å². The van der Waals surface area contributed by atoms with E-state index in [1.165, 1.54) is 6.21 Å². The van der Waals surface area contributed by atoms with E-state index in [4.69, 9.17) is 5.11 Å². The van der Waals surface area contributed by atoms with Crippen LogP contribution in [0.1, 0.15) is 27.3 Å². The molecule has 0 saturated heterocycles. The van der Waals surface area contributed by atoms with E-state index < -0.39 is 16.0 Å². The first-order valence-corrected chi connectivity index (χ1v) is 11.3. The molecule has 3 aromatic carbocycles. The number of sulfonamides is 1. The first-order chi connectivity index (χ1) is 15.3. The molecule has 0 saturated carbocycles. The van der Waals surface area contributed by atoms with Gasteiger partial charge in [0.05, 0.1) is 16.7 Å². The Morgan fingerprint density at radius 1 is 0.969 bits per heavy atom. The summed E-state index contributed by atoms with van der Waals surface area (Å²) in [6.45, 7) is 3.80. The summed E-state index contributed by atoms with van der Waals surface area (Å²) in [5.41, 5.74) is 3.51. The van der Waals surface area contributed by atoms with Crippen molar-refractivity contribution in [2.75, 3.05) is 0 Å². The number of fused-ring (bicyclic) bond motifs is 1. The highest BCUT2D eigenvalue weighted by Gasteiger charge is 2.14. The summed E-state index contributed by atoms with van der Waals surface area (Å²) < 4.78 is 27.3. The van der Waals surface area contributed by atoms with Crippen LogP contribution >= 0.6 is 0 Å². The lowest BCUT2D eigenvalue weighted by Crippen LogP contribution is -2.18. The lowest BCUT2D eigenvalue weighted by Gasteiger charge is -2.10. The molecule has 0 aliphatic carbocycles. The molecule has 2 N–H and O–H groups in total. The van der Waals surface area contributed by atoms with Crippen molar-refractivity contribution in [1.29, 1.82) is 0 Å². The number of hydrogen-bond acceptors (Lipinski definition) is 4. The Morgan fingerprint density at radius 2 is 1.66 bits per heavy atom. The van der Waals surface area contributed by atoms with Crippen LogP contribution in [0.25, 0.3) is 16.5 Å². The van der Waals surface area contributed by atoms with Crippen molar-refractivity contribution in [2.24, 2.45) is 5.10 Å². The molecule has 0 radical (unpaired) electrons. The molecule has 162 valence electrons. The fourth-order valence-corrected chi connectivity index (χ4v) is 4.45. The molecule has 7 nitrogen and oxygen atoms in total. The zero-order valence-electron chi connectivity index (χ0n) is 17.5. The zero-order chi connectivity index (χ0) is 22.9. The SMILES string of the molecule is Cc1cc(C=NNS(=O)(=O)c2ccc3ccccc3c2)c(C)n1-c1ccc(C(=O)O)cc1. The van der Waals surface area contributed by atoms with Crippen molar-refractivity contribution in [2.45, 2.75) is 18.7 Å². The Labute approximate surface area is 185 Å². The highest BCUT2D eigenvalue weighted by atomic mass is 32.2. The minimum Gasteiger partial charge on any atom is -0.478 e. The van der Waals surface area contributed by atoms with E-state index in [0.717, 1.165) is 33.4 Å². The number of carboxylic acid groups (broad SMARTS) is 1. The number of benzene rings is 3. The van der Waals surface area contributed by atoms with Gasteiger partial charge in [0.2, 0.25) is 0 Å². The van der Waals surface area contributed by atoms with Crippen molar-refractivity contribution >= 4 is 33.0 Å². The minimum atomic E-state index is -3.81. The number of rotatable bonds is 6. The molecule has 0 unspecified atom stereocenters. The van der Waals surface area contributed by atoms with Gasteiger partial charge in [-0.2, -0.15) is 13.5 Å². The van der Waals surface area contributed by atoms with Crippen LogP contribution < -0.4 is 4.83 Å². The minimum absolute atomic E-state index is 0.136. The Morgan fingerprint density at radius 3 is 2.34 bits per heavy atom. The van der Waals surface area contributed by atoms with E-state index in [1.807, 2.05) is 48.7 Å². The molecule has 0 atom stereocenters. The van der Waals surface area contributed by atoms with Crippen LogP contribution in [0.5, 0.6) is 0 Å². The number of aromatic nitrogens is 1. The van der Waals surface area contributed by atoms with E-state index >= 15 is 0 Å². The van der Waals surface area contributed by atoms with E-state index in [2.05, 4.69) is 9.93 Å². The number of carbonyl (C=O) groups is 1. The van der Waals surface area contributed by atoms with E-state index in [-0.39, 0.29) is 10.5 Å². The molecule has 0 spiro atoms. The van der Waals surface area contributed by atoms with Crippen molar-refractivity contribution in [3.05, 3.63) is 95.3 Å². The third-order valence-electron chi connectivity index (χ3n) is 5.25. The summed E-state index contributed by atoms with van der Waals surface area (Å²) in [6.07, 6.45) is 1.46. The van der Waals surface area contributed by atoms with Crippen molar-refractivity contribution in [3.8, 4) is 5.69 Å². The predicted octanol–water partition coefficient (Wildman–Crippen LogP) is 4.26. The Balaban J connectivity index is 1.57. The topological polar surface area (TPSA) is 101 Å². The normalized spacial score (nSPS) is 11.8. The molecular weight excluding hydrogens is 426 g/mol. The maximum atomic E-state index is 12.7. The maximum Gasteiger partial charge on any atom is 0.335 e. The molecule has 1 heterocycles. The van der Waals surface area contributed by atoms with Crippen LogP contribution in [-0.2, 0) is 10.0 Å². The molecule has 32 heavy (non-hydrogen) atoms. The van der Waals surface area contributed by atoms with Gasteiger partial charge >= 0.3 is 5.97 Å². The van der Waals surface area contributed by atoms with E-state index in [0.29, 0.717) is 0 Å². The second-order valence-corrected chi connectivity index (χ2v) is 9.04. The molecule has 1 aromatic heterocycles. The lowest BCUT2D eigenvalue weighted by atomic mass is 10.1. The van der Waals surface area contributed by atoms with Gasteiger partial charge in [0.25, 0.3) is 10.0 Å². The van der Waals surface area contributed by atoms with Crippen LogP contribution in [0.2, 0.25) is 0 Å². The molecule has 0 fully saturated rings. The number of nitrogens with zero attached hydrogens (tertiary/aromatic N) is 2. The van der Waals surface area contributed by atoms with Crippen molar-refractivity contribution in [1.82, 2.24) is 9.40 Å². The number of aryl methyl sites for hydroxylation is 1. The number of hydrogen-bond donors (Lipinski definition) is 2. The molecule has 0 amide bonds. The molecule has 0 aliphatic rings. The highest BCUT2D eigenvalue weighted by Crippen LogP contribution is 2.21. The van der Waals surface area contributed by atoms with E-state index in [1.54, 1.807) is 42.5 Å². The summed E-state index contributed by atoms with van der Waals surface area (Å²) >= 11 is 0. The monoisotopic (exact) mass is 447 g/mol. The van der Waals surface area contributed by atoms with Crippen LogP contribution in [-0.4, -0.2) is 30.3 Å². The predicted molar refractivity (Wildman–Crippen MR) is 124 cm³/mol. The summed E-state index contributed by atoms with van der Waals surface area (Å²) in [5, 5.41) is 14.8. The summed E-state index contributed by atoms with van der Waals surface area (Å²) in [7, 11) is -3.81. The third-order valence-corrected chi connectivity index (χ3v) is 6.47. The Hall–Kier alpha value is -3.91. The number of nitrogens with one attached hydrogen (secondary N) is 1. The molecule has 4 rings (SSSR count). The molecule has 8 heteroatoms. The summed E-state index contributed by atoms with van der Waals surface area (Å²) in [6, 6.07) is 20.9. The molecule has 0 bridgehead atoms. The van der Waals surface area contributed by atoms with Gasteiger partial charge in [-0.15, -0.1) is 0 Å². The van der Waals surface area contributed by atoms with Gasteiger partial charge in [-0.1, -0.05) is 30.3 Å². The lowest BCUT2D eigenvalue weighted by molar-refractivity contribution is 0.0697. The average molecular weight is 448 g/mol. The highest BCUT2D eigenvalue weighted by molar-refractivity contribution is 7.89. The zero-order valence-corrected chi connectivity index (χ0v) is 18.3. The standard InChI is InChI=1S/C24H21N3O4S/c1-16-13-21(17(2)27(16)22-10-7-19(8-11-22)24(28)29)15-25-26-32(30,31)23-12-9-18-5-3-4-6-20(18)14-23/h3-15,26H,1-2H3,(H,28,29). The largest absolute Gasteiger partial charge is 0.478 e. The Kier molecular flexibility index (Phi) is 5.54. The summed E-state index contributed by atoms with van der Waals surface area (Å²) in [5.74, 6) is -0.982. The van der Waals surface area contributed by atoms with Gasteiger partial charge in [0.15, 0.2) is 0 Å². The smallest absolute Gasteiger partial charge is 0.335 e. The van der Waals surface area contributed by atoms with E-state index in [9.17, 15) is 13.2 Å². The van der Waals surface area contributed by atoms with Crippen molar-refractivity contribution < 1.29 is 18.3 Å². The van der Waals surface area contributed by atoms with Crippen LogP contribution in [0.3, 0.4) is 0 Å². The number of carboxylic acids is 1. The van der Waals surface area contributed by atoms with Crippen LogP contribution in [0.15, 0.2) is 82.8 Å². The number of hydrazone groups is 1. The first-order valence-electron chi connectivity index (χ1n) is 9.82. The van der Waals surface area contributed by atoms with Gasteiger partial charge in [0, 0.05) is 22.6 Å². The fourth-order valence-electron chi connectivity index (χ4n) is 3.62. The van der Waals surface area contributed by atoms with Crippen LogP contribution in [0, 0.1) is 13.8 Å². The number of aromatic carboxylic acids is 1. The van der Waals surface area contributed by atoms with Gasteiger partial charge in [0.1, 0.15) is 0 Å². The average Bonchev–Trinajstić information content (AvgIpc) is 3.06.